The van der Waals surface area contributed by atoms with E-state index in [1.54, 1.807) is 6.20 Å². The summed E-state index contributed by atoms with van der Waals surface area (Å²) in [6, 6.07) is 2.66. The molecule has 0 aliphatic carbocycles. The molecule has 0 aromatic carbocycles. The fourth-order valence-corrected chi connectivity index (χ4v) is 4.45. The first-order valence-electron chi connectivity index (χ1n) is 7.67. The molecule has 0 radical (unpaired) electrons. The normalized spacial score (nSPS) is 30.9. The number of fused-ring (bicyclic) bond motifs is 2. The molecule has 2 bridgehead atoms. The number of ether oxygens (including phenoxy) is 1. The summed E-state index contributed by atoms with van der Waals surface area (Å²) in [6.45, 7) is 5.64. The van der Waals surface area contributed by atoms with Crippen molar-refractivity contribution in [2.45, 2.75) is 69.6 Å². The fraction of sp³-hybridized carbons (Fsp3) is 0.688. The molecule has 2 fully saturated rings. The van der Waals surface area contributed by atoms with Gasteiger partial charge in [0.05, 0.1) is 6.07 Å². The first-order valence-corrected chi connectivity index (χ1v) is 8.55. The molecule has 3 rings (SSSR count). The van der Waals surface area contributed by atoms with E-state index < -0.39 is 11.0 Å². The third kappa shape index (κ3) is 2.58. The Balaban J connectivity index is 1.83. The Kier molecular flexibility index (Phi) is 3.64. The van der Waals surface area contributed by atoms with E-state index in [1.165, 1.54) is 11.3 Å². The highest BCUT2D eigenvalue weighted by atomic mass is 32.1. The van der Waals surface area contributed by atoms with Crippen LogP contribution in [-0.4, -0.2) is 33.7 Å². The number of nitrogens with zero attached hydrogens (tertiary/aromatic N) is 3. The Bertz CT molecular complexity index is 586. The van der Waals surface area contributed by atoms with Crippen LogP contribution in [0.2, 0.25) is 0 Å². The van der Waals surface area contributed by atoms with Crippen molar-refractivity contribution in [3.05, 3.63) is 16.6 Å². The summed E-state index contributed by atoms with van der Waals surface area (Å²) in [7, 11) is 0. The molecule has 0 spiro atoms. The van der Waals surface area contributed by atoms with Gasteiger partial charge in [-0.05, 0) is 46.5 Å². The number of hydrogen-bond acceptors (Lipinski definition) is 5. The highest BCUT2D eigenvalue weighted by Gasteiger charge is 2.53. The van der Waals surface area contributed by atoms with Crippen LogP contribution in [0.25, 0.3) is 0 Å². The van der Waals surface area contributed by atoms with Crippen molar-refractivity contribution in [3.8, 4) is 6.07 Å². The van der Waals surface area contributed by atoms with Gasteiger partial charge in [0, 0.05) is 23.7 Å². The first kappa shape index (κ1) is 15.3. The fourth-order valence-electron chi connectivity index (χ4n) is 3.64. The molecular formula is C16H21N3O2S. The van der Waals surface area contributed by atoms with Crippen molar-refractivity contribution >= 4 is 17.4 Å². The van der Waals surface area contributed by atoms with Gasteiger partial charge in [0.15, 0.2) is 0 Å². The molecule has 5 nitrogen and oxygen atoms in total. The van der Waals surface area contributed by atoms with E-state index in [9.17, 15) is 10.1 Å². The summed E-state index contributed by atoms with van der Waals surface area (Å²) in [4.78, 5) is 18.7. The number of carbonyl (C=O) groups excluding carboxylic acids is 1. The third-order valence-corrected chi connectivity index (χ3v) is 5.43. The lowest BCUT2D eigenvalue weighted by molar-refractivity contribution is 0.00233. The van der Waals surface area contributed by atoms with Crippen molar-refractivity contribution in [2.75, 3.05) is 0 Å². The minimum atomic E-state index is -0.543. The predicted octanol–water partition coefficient (Wildman–Crippen LogP) is 3.47. The Labute approximate surface area is 134 Å². The molecule has 2 saturated heterocycles. The standard InChI is InChI=1S/C16H21N3O2S/c1-15(2,3)21-14(20)19-11-4-5-12(19)9-16(8-11,10-17)13-18-6-7-22-13/h6-7,11-12H,4-5,8-9H2,1-3H3. The minimum absolute atomic E-state index is 0.0807. The van der Waals surface area contributed by atoms with Gasteiger partial charge in [-0.1, -0.05) is 0 Å². The molecule has 3 heterocycles. The monoisotopic (exact) mass is 319 g/mol. The average Bonchev–Trinajstić information content (AvgIpc) is 3.04. The largest absolute Gasteiger partial charge is 0.444 e. The zero-order valence-electron chi connectivity index (χ0n) is 13.2. The molecule has 1 aromatic heterocycles. The average molecular weight is 319 g/mol. The summed E-state index contributed by atoms with van der Waals surface area (Å²) in [5, 5.41) is 12.6. The molecule has 1 aromatic rings. The van der Waals surface area contributed by atoms with E-state index in [0.717, 1.165) is 17.8 Å². The third-order valence-electron chi connectivity index (χ3n) is 4.45. The van der Waals surface area contributed by atoms with Gasteiger partial charge >= 0.3 is 6.09 Å². The van der Waals surface area contributed by atoms with Crippen LogP contribution in [0.15, 0.2) is 11.6 Å². The quantitative estimate of drug-likeness (QED) is 0.795. The van der Waals surface area contributed by atoms with Crippen molar-refractivity contribution in [1.29, 1.82) is 5.26 Å². The van der Waals surface area contributed by atoms with E-state index >= 15 is 0 Å². The van der Waals surface area contributed by atoms with Crippen LogP contribution in [0.4, 0.5) is 4.79 Å². The van der Waals surface area contributed by atoms with Crippen LogP contribution < -0.4 is 0 Å². The zero-order valence-corrected chi connectivity index (χ0v) is 14.0. The van der Waals surface area contributed by atoms with Crippen LogP contribution >= 0.6 is 11.3 Å². The van der Waals surface area contributed by atoms with E-state index in [2.05, 4.69) is 11.1 Å². The second-order valence-corrected chi connectivity index (χ2v) is 8.11. The molecule has 1 amide bonds. The molecule has 22 heavy (non-hydrogen) atoms. The SMILES string of the molecule is CC(C)(C)OC(=O)N1C2CCC1CC(C#N)(c1nccs1)C2. The minimum Gasteiger partial charge on any atom is -0.444 e. The van der Waals surface area contributed by atoms with Crippen molar-refractivity contribution in [3.63, 3.8) is 0 Å². The Morgan fingerprint density at radius 2 is 2.09 bits per heavy atom. The summed E-state index contributed by atoms with van der Waals surface area (Å²) >= 11 is 1.54. The lowest BCUT2D eigenvalue weighted by Gasteiger charge is -2.42. The summed E-state index contributed by atoms with van der Waals surface area (Å²) < 4.78 is 5.54. The molecule has 2 unspecified atom stereocenters. The number of thiazole rings is 1. The lowest BCUT2D eigenvalue weighted by atomic mass is 9.76. The van der Waals surface area contributed by atoms with Crippen molar-refractivity contribution in [2.24, 2.45) is 0 Å². The maximum atomic E-state index is 12.5. The maximum Gasteiger partial charge on any atom is 0.410 e. The van der Waals surface area contributed by atoms with Gasteiger partial charge in [-0.2, -0.15) is 5.26 Å². The highest BCUT2D eigenvalue weighted by molar-refractivity contribution is 7.09. The van der Waals surface area contributed by atoms with Crippen LogP contribution in [0.1, 0.15) is 51.5 Å². The molecule has 0 N–H and O–H groups in total. The van der Waals surface area contributed by atoms with E-state index in [1.807, 2.05) is 31.1 Å². The van der Waals surface area contributed by atoms with E-state index in [0.29, 0.717) is 12.8 Å². The number of nitriles is 1. The van der Waals surface area contributed by atoms with E-state index in [-0.39, 0.29) is 18.2 Å². The molecule has 6 heteroatoms. The van der Waals surface area contributed by atoms with Crippen LogP contribution in [-0.2, 0) is 10.2 Å². The topological polar surface area (TPSA) is 66.2 Å². The molecule has 2 aliphatic heterocycles. The molecule has 118 valence electrons. The van der Waals surface area contributed by atoms with Crippen molar-refractivity contribution in [1.82, 2.24) is 9.88 Å². The Morgan fingerprint density at radius 1 is 1.45 bits per heavy atom. The number of carbonyl (C=O) groups is 1. The smallest absolute Gasteiger partial charge is 0.410 e. The predicted molar refractivity (Wildman–Crippen MR) is 83.5 cm³/mol. The van der Waals surface area contributed by atoms with Gasteiger partial charge in [-0.25, -0.2) is 9.78 Å². The summed E-state index contributed by atoms with van der Waals surface area (Å²) in [5.41, 5.74) is -1.03. The molecular weight excluding hydrogens is 298 g/mol. The van der Waals surface area contributed by atoms with Gasteiger partial charge in [-0.3, -0.25) is 0 Å². The second-order valence-electron chi connectivity index (χ2n) is 7.21. The molecule has 2 aliphatic rings. The van der Waals surface area contributed by atoms with Gasteiger partial charge in [0.25, 0.3) is 0 Å². The van der Waals surface area contributed by atoms with Gasteiger partial charge < -0.3 is 9.64 Å². The number of piperidine rings is 1. The number of amides is 1. The van der Waals surface area contributed by atoms with Crippen molar-refractivity contribution < 1.29 is 9.53 Å². The first-order chi connectivity index (χ1) is 10.3. The Hall–Kier alpha value is -1.61. The van der Waals surface area contributed by atoms with Crippen LogP contribution in [0, 0.1) is 11.3 Å². The van der Waals surface area contributed by atoms with Gasteiger partial charge in [-0.15, -0.1) is 11.3 Å². The molecule has 0 saturated carbocycles. The zero-order chi connectivity index (χ0) is 16.0. The van der Waals surface area contributed by atoms with Crippen LogP contribution in [0.3, 0.4) is 0 Å². The number of rotatable bonds is 1. The van der Waals surface area contributed by atoms with Crippen LogP contribution in [0.5, 0.6) is 0 Å². The summed E-state index contributed by atoms with van der Waals surface area (Å²) in [6.07, 6.45) is 4.71. The summed E-state index contributed by atoms with van der Waals surface area (Å²) in [5.74, 6) is 0. The van der Waals surface area contributed by atoms with Gasteiger partial charge in [0.2, 0.25) is 0 Å². The Morgan fingerprint density at radius 3 is 2.55 bits per heavy atom. The number of aromatic nitrogens is 1. The lowest BCUT2D eigenvalue weighted by Crippen LogP contribution is -2.52. The highest BCUT2D eigenvalue weighted by Crippen LogP contribution is 2.47. The maximum absolute atomic E-state index is 12.5. The van der Waals surface area contributed by atoms with Gasteiger partial charge in [0.1, 0.15) is 16.0 Å². The number of hydrogen-bond donors (Lipinski definition) is 0. The molecule has 2 atom stereocenters. The second kappa shape index (κ2) is 5.24. The van der Waals surface area contributed by atoms with E-state index in [4.69, 9.17) is 4.74 Å².